The maximum absolute atomic E-state index is 12.9. The Kier molecular flexibility index (Phi) is 5.99. The molecule has 4 nitrogen and oxygen atoms in total. The maximum atomic E-state index is 12.9. The summed E-state index contributed by atoms with van der Waals surface area (Å²) in [5.41, 5.74) is 1.41. The first kappa shape index (κ1) is 19.9. The summed E-state index contributed by atoms with van der Waals surface area (Å²) < 4.78 is 38.6. The first-order valence-corrected chi connectivity index (χ1v) is 7.97. The Hall–Kier alpha value is -2.45. The van der Waals surface area contributed by atoms with E-state index >= 15 is 0 Å². The number of nitrogens with one attached hydrogen (secondary N) is 1. The van der Waals surface area contributed by atoms with Crippen LogP contribution in [0.1, 0.15) is 27.0 Å². The number of benzene rings is 2. The Morgan fingerprint density at radius 1 is 1.12 bits per heavy atom. The summed E-state index contributed by atoms with van der Waals surface area (Å²) >= 11 is 5.12. The van der Waals surface area contributed by atoms with Gasteiger partial charge in [0.05, 0.1) is 18.4 Å². The summed E-state index contributed by atoms with van der Waals surface area (Å²) in [7, 11) is 1.25. The number of hydroxylamine groups is 1. The molecule has 0 atom stereocenters. The first-order valence-electron chi connectivity index (χ1n) is 7.57. The van der Waals surface area contributed by atoms with Crippen LogP contribution in [0.15, 0.2) is 42.5 Å². The van der Waals surface area contributed by atoms with E-state index in [9.17, 15) is 18.0 Å². The molecule has 26 heavy (non-hydrogen) atoms. The fraction of sp³-hybridized carbons (Fsp3) is 0.222. The minimum absolute atomic E-state index is 0.0491. The van der Waals surface area contributed by atoms with E-state index in [0.717, 1.165) is 28.3 Å². The van der Waals surface area contributed by atoms with E-state index in [0.29, 0.717) is 5.56 Å². The van der Waals surface area contributed by atoms with Crippen LogP contribution in [0.4, 0.5) is 18.9 Å². The Morgan fingerprint density at radius 2 is 1.73 bits per heavy atom. The third-order valence-electron chi connectivity index (χ3n) is 3.48. The molecule has 0 aliphatic rings. The quantitative estimate of drug-likeness (QED) is 0.631. The highest BCUT2D eigenvalue weighted by molar-refractivity contribution is 7.80. The molecule has 2 rings (SSSR count). The van der Waals surface area contributed by atoms with Crippen LogP contribution in [0.3, 0.4) is 0 Å². The average molecular weight is 382 g/mol. The Bertz CT molecular complexity index is 817. The van der Waals surface area contributed by atoms with E-state index in [-0.39, 0.29) is 10.8 Å². The summed E-state index contributed by atoms with van der Waals surface area (Å²) in [6.07, 6.45) is -4.50. The minimum atomic E-state index is -4.50. The number of hydrogen-bond acceptors (Lipinski definition) is 3. The zero-order valence-corrected chi connectivity index (χ0v) is 15.2. The summed E-state index contributed by atoms with van der Waals surface area (Å²) in [5, 5.41) is 3.25. The third kappa shape index (κ3) is 4.80. The van der Waals surface area contributed by atoms with Gasteiger partial charge in [0.15, 0.2) is 0 Å². The lowest BCUT2D eigenvalue weighted by molar-refractivity contribution is -0.137. The second kappa shape index (κ2) is 7.84. The molecule has 0 heterocycles. The Morgan fingerprint density at radius 3 is 2.27 bits per heavy atom. The van der Waals surface area contributed by atoms with Crippen molar-refractivity contribution in [3.05, 3.63) is 64.7 Å². The predicted molar refractivity (Wildman–Crippen MR) is 96.9 cm³/mol. The van der Waals surface area contributed by atoms with E-state index < -0.39 is 17.6 Å². The van der Waals surface area contributed by atoms with E-state index in [1.165, 1.54) is 19.2 Å². The van der Waals surface area contributed by atoms with E-state index in [1.54, 1.807) is 12.1 Å². The zero-order valence-electron chi connectivity index (χ0n) is 14.3. The molecule has 138 valence electrons. The number of carbonyl (C=O) groups is 1. The van der Waals surface area contributed by atoms with Gasteiger partial charge >= 0.3 is 6.18 Å². The third-order valence-corrected chi connectivity index (χ3v) is 3.75. The lowest BCUT2D eigenvalue weighted by atomic mass is 10.1. The average Bonchev–Trinajstić information content (AvgIpc) is 2.54. The van der Waals surface area contributed by atoms with Crippen LogP contribution in [0.5, 0.6) is 0 Å². The molecule has 0 saturated carbocycles. The number of hydrogen-bond donors (Lipinski definition) is 1. The van der Waals surface area contributed by atoms with Gasteiger partial charge < -0.3 is 0 Å². The topological polar surface area (TPSA) is 41.6 Å². The molecule has 0 aliphatic heterocycles. The number of anilines is 1. The number of thiocarbonyl (C=S) groups is 1. The van der Waals surface area contributed by atoms with E-state index in [4.69, 9.17) is 17.1 Å². The largest absolute Gasteiger partial charge is 0.416 e. The molecule has 0 fully saturated rings. The second-order valence-electron chi connectivity index (χ2n) is 5.66. The van der Waals surface area contributed by atoms with Crippen LogP contribution >= 0.6 is 12.2 Å². The van der Waals surface area contributed by atoms with Crippen molar-refractivity contribution >= 4 is 28.9 Å². The Balaban J connectivity index is 2.22. The number of amides is 1. The van der Waals surface area contributed by atoms with Crippen LogP contribution in [0.2, 0.25) is 0 Å². The standard InChI is InChI=1S/C18H17F3N2O2S/c1-11-7-12(2)9-13(8-11)16(24)22-17(26)23(25-3)15-6-4-5-14(10-15)18(19,20)21/h4-10H,1-3H3,(H,22,24,26). The van der Waals surface area contributed by atoms with Crippen LogP contribution < -0.4 is 10.4 Å². The summed E-state index contributed by atoms with van der Waals surface area (Å²) in [4.78, 5) is 17.4. The van der Waals surface area contributed by atoms with Crippen molar-refractivity contribution in [1.82, 2.24) is 5.32 Å². The van der Waals surface area contributed by atoms with Gasteiger partial charge in [-0.2, -0.15) is 18.2 Å². The molecule has 2 aromatic rings. The SMILES string of the molecule is CON(C(=S)NC(=O)c1cc(C)cc(C)c1)c1cccc(C(F)(F)F)c1. The molecule has 0 bridgehead atoms. The zero-order chi connectivity index (χ0) is 19.5. The highest BCUT2D eigenvalue weighted by Gasteiger charge is 2.31. The minimum Gasteiger partial charge on any atom is -0.297 e. The smallest absolute Gasteiger partial charge is 0.297 e. The number of halogens is 3. The van der Waals surface area contributed by atoms with Crippen molar-refractivity contribution in [2.75, 3.05) is 12.2 Å². The van der Waals surface area contributed by atoms with Crippen molar-refractivity contribution in [3.63, 3.8) is 0 Å². The first-order chi connectivity index (χ1) is 12.1. The fourth-order valence-corrected chi connectivity index (χ4v) is 2.71. The van der Waals surface area contributed by atoms with Gasteiger partial charge in [0.1, 0.15) is 0 Å². The van der Waals surface area contributed by atoms with Crippen LogP contribution in [0.25, 0.3) is 0 Å². The van der Waals surface area contributed by atoms with Gasteiger partial charge in [-0.3, -0.25) is 14.9 Å². The predicted octanol–water partition coefficient (Wildman–Crippen LogP) is 4.40. The number of rotatable bonds is 3. The van der Waals surface area contributed by atoms with Gasteiger partial charge in [-0.25, -0.2) is 0 Å². The summed E-state index contributed by atoms with van der Waals surface area (Å²) in [6.45, 7) is 3.71. The van der Waals surface area contributed by atoms with Crippen LogP contribution in [-0.4, -0.2) is 18.1 Å². The molecule has 1 amide bonds. The molecule has 8 heteroatoms. The number of carbonyl (C=O) groups excluding carboxylic acids is 1. The van der Waals surface area contributed by atoms with Gasteiger partial charge in [-0.05, 0) is 56.4 Å². The lowest BCUT2D eigenvalue weighted by Gasteiger charge is -2.23. The molecule has 0 aliphatic carbocycles. The van der Waals surface area contributed by atoms with E-state index in [1.807, 2.05) is 19.9 Å². The summed E-state index contributed by atoms with van der Waals surface area (Å²) in [5.74, 6) is -0.476. The van der Waals surface area contributed by atoms with E-state index in [2.05, 4.69) is 5.32 Å². The van der Waals surface area contributed by atoms with Crippen molar-refractivity contribution in [2.24, 2.45) is 0 Å². The van der Waals surface area contributed by atoms with Crippen molar-refractivity contribution < 1.29 is 22.8 Å². The number of nitrogens with zero attached hydrogens (tertiary/aromatic N) is 1. The van der Waals surface area contributed by atoms with Gasteiger partial charge in [-0.15, -0.1) is 0 Å². The van der Waals surface area contributed by atoms with Crippen LogP contribution in [0, 0.1) is 13.8 Å². The van der Waals surface area contributed by atoms with Gasteiger partial charge in [-0.1, -0.05) is 23.3 Å². The highest BCUT2D eigenvalue weighted by atomic mass is 32.1. The molecular weight excluding hydrogens is 365 g/mol. The van der Waals surface area contributed by atoms with Gasteiger partial charge in [0, 0.05) is 5.56 Å². The molecule has 2 aromatic carbocycles. The van der Waals surface area contributed by atoms with Crippen LogP contribution in [-0.2, 0) is 11.0 Å². The Labute approximate surface area is 154 Å². The molecule has 0 radical (unpaired) electrons. The maximum Gasteiger partial charge on any atom is 0.416 e. The molecule has 0 spiro atoms. The molecule has 1 N–H and O–H groups in total. The fourth-order valence-electron chi connectivity index (χ4n) is 2.44. The molecule has 0 unspecified atom stereocenters. The van der Waals surface area contributed by atoms with Crippen molar-refractivity contribution in [1.29, 1.82) is 0 Å². The van der Waals surface area contributed by atoms with Gasteiger partial charge in [0.25, 0.3) is 5.91 Å². The van der Waals surface area contributed by atoms with Crippen molar-refractivity contribution in [2.45, 2.75) is 20.0 Å². The lowest BCUT2D eigenvalue weighted by Crippen LogP contribution is -2.42. The number of aryl methyl sites for hydroxylation is 2. The summed E-state index contributed by atoms with van der Waals surface area (Å²) in [6, 6.07) is 9.75. The monoisotopic (exact) mass is 382 g/mol. The second-order valence-corrected chi connectivity index (χ2v) is 6.05. The molecular formula is C18H17F3N2O2S. The van der Waals surface area contributed by atoms with Gasteiger partial charge in [0.2, 0.25) is 5.11 Å². The molecule has 0 saturated heterocycles. The van der Waals surface area contributed by atoms with Crippen molar-refractivity contribution in [3.8, 4) is 0 Å². The molecule has 0 aromatic heterocycles. The highest BCUT2D eigenvalue weighted by Crippen LogP contribution is 2.31. The normalized spacial score (nSPS) is 11.2. The number of alkyl halides is 3.